The maximum absolute atomic E-state index is 11.7. The van der Waals surface area contributed by atoms with E-state index < -0.39 is 5.60 Å². The van der Waals surface area contributed by atoms with Gasteiger partial charge in [0.05, 0.1) is 24.2 Å². The Labute approximate surface area is 221 Å². The van der Waals surface area contributed by atoms with Crippen LogP contribution in [0.4, 0.5) is 5.82 Å². The summed E-state index contributed by atoms with van der Waals surface area (Å²) in [7, 11) is 1.95. The molecule has 1 aromatic carbocycles. The molecule has 11 nitrogen and oxygen atoms in total. The Kier molecular flexibility index (Phi) is 5.84. The minimum atomic E-state index is -1.02. The van der Waals surface area contributed by atoms with Crippen LogP contribution in [0.3, 0.4) is 0 Å². The molecule has 6 heterocycles. The highest BCUT2D eigenvalue weighted by Gasteiger charge is 2.49. The van der Waals surface area contributed by atoms with Crippen molar-refractivity contribution in [1.29, 1.82) is 0 Å². The lowest BCUT2D eigenvalue weighted by Crippen LogP contribution is -2.64. The van der Waals surface area contributed by atoms with Crippen LogP contribution < -0.4 is 4.90 Å². The van der Waals surface area contributed by atoms with Gasteiger partial charge in [-0.05, 0) is 25.0 Å². The molecule has 11 heteroatoms. The van der Waals surface area contributed by atoms with Crippen LogP contribution in [-0.4, -0.2) is 97.7 Å². The summed E-state index contributed by atoms with van der Waals surface area (Å²) in [5.74, 6) is 2.90. The molecule has 4 aromatic rings. The first kappa shape index (κ1) is 24.0. The third kappa shape index (κ3) is 3.79. The number of imidazole rings is 2. The minimum Gasteiger partial charge on any atom is -0.381 e. The number of rotatable bonds is 5. The predicted molar refractivity (Wildman–Crippen MR) is 143 cm³/mol. The van der Waals surface area contributed by atoms with Gasteiger partial charge in [-0.2, -0.15) is 9.97 Å². The lowest BCUT2D eigenvalue weighted by atomic mass is 9.89. The Balaban J connectivity index is 1.35. The lowest BCUT2D eigenvalue weighted by molar-refractivity contribution is -0.140. The number of hydrogen-bond donors (Lipinski definition) is 1. The van der Waals surface area contributed by atoms with Gasteiger partial charge < -0.3 is 24.0 Å². The summed E-state index contributed by atoms with van der Waals surface area (Å²) in [5.41, 5.74) is 2.30. The molecule has 3 fully saturated rings. The van der Waals surface area contributed by atoms with Gasteiger partial charge in [0, 0.05) is 58.9 Å². The molecule has 3 aromatic heterocycles. The molecule has 3 aliphatic heterocycles. The number of aryl methyl sites for hydroxylation is 2. The number of morpholine rings is 1. The second-order valence-electron chi connectivity index (χ2n) is 10.6. The Morgan fingerprint density at radius 1 is 0.974 bits per heavy atom. The fourth-order valence-electron chi connectivity index (χ4n) is 6.16. The zero-order valence-electron chi connectivity index (χ0n) is 22.0. The largest absolute Gasteiger partial charge is 0.381 e. The van der Waals surface area contributed by atoms with E-state index in [2.05, 4.69) is 27.4 Å². The Hall–Kier alpha value is -3.12. The summed E-state index contributed by atoms with van der Waals surface area (Å²) in [6.07, 6.45) is 2.77. The second kappa shape index (κ2) is 9.26. The Bertz CT molecular complexity index is 1480. The third-order valence-electron chi connectivity index (χ3n) is 8.20. The highest BCUT2D eigenvalue weighted by molar-refractivity contribution is 5.86. The van der Waals surface area contributed by atoms with Gasteiger partial charge in [-0.3, -0.25) is 9.47 Å². The summed E-state index contributed by atoms with van der Waals surface area (Å²) < 4.78 is 15.2. The standard InChI is InChI=1S/C27H34N8O3/c1-3-21-28-19-6-4-5-7-20(19)35(21)26-30-23-22(24(31-26)33-10-14-38-15-11-33)29-25(32(23)2)27(36)16-34(17-27)18-8-12-37-13-9-18/h4-7,18,36H,3,8-17H2,1-2H3. The third-order valence-corrected chi connectivity index (χ3v) is 8.20. The predicted octanol–water partition coefficient (Wildman–Crippen LogP) is 1.78. The molecular weight excluding hydrogens is 484 g/mol. The average Bonchev–Trinajstić information content (AvgIpc) is 3.49. The first-order valence-corrected chi connectivity index (χ1v) is 13.6. The zero-order valence-corrected chi connectivity index (χ0v) is 22.0. The fraction of sp³-hybridized carbons (Fsp3) is 0.556. The van der Waals surface area contributed by atoms with Crippen LogP contribution in [-0.2, 0) is 28.5 Å². The first-order chi connectivity index (χ1) is 18.6. The molecule has 0 radical (unpaired) electrons. The number of benzene rings is 1. The highest BCUT2D eigenvalue weighted by Crippen LogP contribution is 2.37. The van der Waals surface area contributed by atoms with Gasteiger partial charge in [-0.25, -0.2) is 9.97 Å². The Morgan fingerprint density at radius 2 is 1.71 bits per heavy atom. The van der Waals surface area contributed by atoms with Crippen molar-refractivity contribution in [1.82, 2.24) is 34.0 Å². The number of fused-ring (bicyclic) bond motifs is 2. The van der Waals surface area contributed by atoms with Gasteiger partial charge >= 0.3 is 0 Å². The normalized spacial score (nSPS) is 20.9. The van der Waals surface area contributed by atoms with Crippen molar-refractivity contribution in [2.75, 3.05) is 57.5 Å². The highest BCUT2D eigenvalue weighted by atomic mass is 16.5. The van der Waals surface area contributed by atoms with Crippen LogP contribution in [0.1, 0.15) is 31.4 Å². The number of para-hydroxylation sites is 2. The second-order valence-corrected chi connectivity index (χ2v) is 10.6. The van der Waals surface area contributed by atoms with Gasteiger partial charge in [0.15, 0.2) is 17.0 Å². The SMILES string of the molecule is CCc1nc2ccccc2n1-c1nc(N2CCOCC2)c2nc(C3(O)CN(C4CCOCC4)C3)n(C)c2n1. The van der Waals surface area contributed by atoms with Gasteiger partial charge in [0.2, 0.25) is 5.95 Å². The van der Waals surface area contributed by atoms with E-state index >= 15 is 0 Å². The van der Waals surface area contributed by atoms with Crippen molar-refractivity contribution in [3.8, 4) is 5.95 Å². The fourth-order valence-corrected chi connectivity index (χ4v) is 6.16. The van der Waals surface area contributed by atoms with Gasteiger partial charge in [-0.15, -0.1) is 0 Å². The molecule has 38 heavy (non-hydrogen) atoms. The molecule has 0 aliphatic carbocycles. The number of aromatic nitrogens is 6. The molecule has 3 aliphatic rings. The maximum Gasteiger partial charge on any atom is 0.239 e. The van der Waals surface area contributed by atoms with E-state index in [0.717, 1.165) is 68.2 Å². The lowest BCUT2D eigenvalue weighted by Gasteiger charge is -2.50. The van der Waals surface area contributed by atoms with Crippen LogP contribution in [0.15, 0.2) is 24.3 Å². The summed E-state index contributed by atoms with van der Waals surface area (Å²) in [6.45, 7) is 7.53. The minimum absolute atomic E-state index is 0.455. The van der Waals surface area contributed by atoms with Crippen molar-refractivity contribution in [3.63, 3.8) is 0 Å². The number of aliphatic hydroxyl groups is 1. The molecular formula is C27H34N8O3. The molecule has 3 saturated heterocycles. The van der Waals surface area contributed by atoms with Gasteiger partial charge in [0.1, 0.15) is 17.2 Å². The van der Waals surface area contributed by atoms with Gasteiger partial charge in [0.25, 0.3) is 0 Å². The van der Waals surface area contributed by atoms with Crippen molar-refractivity contribution < 1.29 is 14.6 Å². The monoisotopic (exact) mass is 518 g/mol. The zero-order chi connectivity index (χ0) is 25.9. The van der Waals surface area contributed by atoms with E-state index in [1.54, 1.807) is 0 Å². The van der Waals surface area contributed by atoms with Crippen LogP contribution in [0, 0.1) is 0 Å². The molecule has 0 unspecified atom stereocenters. The van der Waals surface area contributed by atoms with E-state index in [4.69, 9.17) is 29.4 Å². The molecule has 0 bridgehead atoms. The van der Waals surface area contributed by atoms with E-state index in [1.807, 2.05) is 29.8 Å². The van der Waals surface area contributed by atoms with Gasteiger partial charge in [-0.1, -0.05) is 19.1 Å². The smallest absolute Gasteiger partial charge is 0.239 e. The molecule has 0 spiro atoms. The van der Waals surface area contributed by atoms with Crippen LogP contribution in [0.5, 0.6) is 0 Å². The number of likely N-dealkylation sites (tertiary alicyclic amines) is 1. The quantitative estimate of drug-likeness (QED) is 0.423. The van der Waals surface area contributed by atoms with Crippen molar-refractivity contribution in [2.24, 2.45) is 7.05 Å². The molecule has 200 valence electrons. The molecule has 0 amide bonds. The van der Waals surface area contributed by atoms with E-state index in [-0.39, 0.29) is 0 Å². The van der Waals surface area contributed by atoms with E-state index in [9.17, 15) is 5.11 Å². The Morgan fingerprint density at radius 3 is 2.47 bits per heavy atom. The van der Waals surface area contributed by atoms with Crippen LogP contribution in [0.2, 0.25) is 0 Å². The number of anilines is 1. The number of nitrogens with zero attached hydrogens (tertiary/aromatic N) is 8. The maximum atomic E-state index is 11.7. The molecule has 1 N–H and O–H groups in total. The number of ether oxygens (including phenoxy) is 2. The number of β-amino-alcohol motifs (C(OH)–C–C–N with tert-alkyl or cyclic N) is 1. The van der Waals surface area contributed by atoms with Crippen molar-refractivity contribution >= 4 is 28.0 Å². The van der Waals surface area contributed by atoms with Crippen LogP contribution in [0.25, 0.3) is 28.1 Å². The molecule has 0 saturated carbocycles. The first-order valence-electron chi connectivity index (χ1n) is 13.6. The summed E-state index contributed by atoms with van der Waals surface area (Å²) in [6, 6.07) is 8.54. The molecule has 7 rings (SSSR count). The average molecular weight is 519 g/mol. The summed E-state index contributed by atoms with van der Waals surface area (Å²) in [4.78, 5) is 24.6. The molecule has 0 atom stereocenters. The summed E-state index contributed by atoms with van der Waals surface area (Å²) in [5, 5.41) is 11.7. The van der Waals surface area contributed by atoms with E-state index in [0.29, 0.717) is 55.3 Å². The van der Waals surface area contributed by atoms with E-state index in [1.165, 1.54) is 0 Å². The summed E-state index contributed by atoms with van der Waals surface area (Å²) >= 11 is 0. The van der Waals surface area contributed by atoms with Crippen molar-refractivity contribution in [3.05, 3.63) is 35.9 Å². The van der Waals surface area contributed by atoms with Crippen LogP contribution >= 0.6 is 0 Å². The van der Waals surface area contributed by atoms with Crippen molar-refractivity contribution in [2.45, 2.75) is 37.8 Å². The topological polar surface area (TPSA) is 107 Å². The number of hydrogen-bond acceptors (Lipinski definition) is 9.